The van der Waals surface area contributed by atoms with Crippen molar-refractivity contribution in [3.63, 3.8) is 0 Å². The number of nitrogens with zero attached hydrogens (tertiary/aromatic N) is 2. The van der Waals surface area contributed by atoms with Crippen molar-refractivity contribution in [2.24, 2.45) is 0 Å². The Hall–Kier alpha value is -1.79. The minimum atomic E-state index is -0.586. The van der Waals surface area contributed by atoms with Gasteiger partial charge in [0.15, 0.2) is 0 Å². The van der Waals surface area contributed by atoms with Crippen molar-refractivity contribution < 1.29 is 4.92 Å². The topological polar surface area (TPSA) is 97.8 Å². The van der Waals surface area contributed by atoms with Crippen LogP contribution < -0.4 is 5.73 Å². The molecular formula is C9H8Cl2N4O2. The van der Waals surface area contributed by atoms with E-state index in [1.165, 1.54) is 0 Å². The highest BCUT2D eigenvalue weighted by Gasteiger charge is 2.11. The van der Waals surface area contributed by atoms with Crippen LogP contribution in [0.4, 0.5) is 11.4 Å². The van der Waals surface area contributed by atoms with E-state index < -0.39 is 4.92 Å². The molecule has 0 bridgehead atoms. The Morgan fingerprint density at radius 2 is 1.94 bits per heavy atom. The van der Waals surface area contributed by atoms with Gasteiger partial charge >= 0.3 is 0 Å². The normalized spacial score (nSPS) is 9.29. The number of hydrogen-bond acceptors (Lipinski definition) is 4. The molecule has 0 saturated carbocycles. The fourth-order valence-electron chi connectivity index (χ4n) is 0.891. The summed E-state index contributed by atoms with van der Waals surface area (Å²) in [6, 6.07) is 4.14. The number of benzene rings is 1. The Balaban J connectivity index is 0.000000239. The number of nitrogens with two attached hydrogens (primary N) is 1. The highest BCUT2D eigenvalue weighted by atomic mass is 35.5. The predicted octanol–water partition coefficient (Wildman–Crippen LogP) is 2.89. The lowest BCUT2D eigenvalue weighted by Crippen LogP contribution is -1.92. The number of hydrogen-bond donors (Lipinski definition) is 2. The summed E-state index contributed by atoms with van der Waals surface area (Å²) in [5, 5.41) is 16.7. The largest absolute Gasteiger partial charge is 0.396 e. The van der Waals surface area contributed by atoms with Crippen LogP contribution >= 0.6 is 23.2 Å². The molecule has 90 valence electrons. The molecule has 2 rings (SSSR count). The molecule has 0 radical (unpaired) electrons. The Kier molecular flexibility index (Phi) is 4.74. The summed E-state index contributed by atoms with van der Waals surface area (Å²) in [5.74, 6) is 0. The monoisotopic (exact) mass is 274 g/mol. The van der Waals surface area contributed by atoms with Gasteiger partial charge in [0, 0.05) is 24.5 Å². The number of non-ortho nitro benzene ring substituents is 1. The van der Waals surface area contributed by atoms with E-state index in [4.69, 9.17) is 28.9 Å². The first-order valence-corrected chi connectivity index (χ1v) is 5.10. The Bertz CT molecular complexity index is 461. The second-order valence-corrected chi connectivity index (χ2v) is 3.66. The van der Waals surface area contributed by atoms with E-state index in [1.807, 2.05) is 6.07 Å². The molecule has 0 aliphatic rings. The van der Waals surface area contributed by atoms with Crippen LogP contribution in [0.2, 0.25) is 10.0 Å². The quantitative estimate of drug-likeness (QED) is 0.475. The number of nitrogens with one attached hydrogen (secondary N) is 1. The van der Waals surface area contributed by atoms with Crippen LogP contribution in [0, 0.1) is 10.1 Å². The number of aromatic amines is 1. The smallest absolute Gasteiger partial charge is 0.272 e. The van der Waals surface area contributed by atoms with Crippen molar-refractivity contribution >= 4 is 34.6 Å². The molecule has 2 aromatic rings. The zero-order valence-electron chi connectivity index (χ0n) is 8.43. The van der Waals surface area contributed by atoms with Crippen LogP contribution in [0.15, 0.2) is 30.6 Å². The van der Waals surface area contributed by atoms with Crippen LogP contribution in [0.1, 0.15) is 0 Å². The number of nitro groups is 1. The molecule has 0 amide bonds. The molecule has 0 atom stereocenters. The molecular weight excluding hydrogens is 267 g/mol. The third-order valence-corrected chi connectivity index (χ3v) is 2.31. The molecule has 1 aromatic carbocycles. The summed E-state index contributed by atoms with van der Waals surface area (Å²) in [6.45, 7) is 0. The highest BCUT2D eigenvalue weighted by molar-refractivity contribution is 6.39. The summed E-state index contributed by atoms with van der Waals surface area (Å²) in [6.07, 6.45) is 3.46. The van der Waals surface area contributed by atoms with Gasteiger partial charge in [0.25, 0.3) is 5.69 Å². The fraction of sp³-hybridized carbons (Fsp3) is 0. The number of nitro benzene ring substituents is 1. The number of H-pyrrole nitrogens is 1. The summed E-state index contributed by atoms with van der Waals surface area (Å²) in [5.41, 5.74) is 5.35. The van der Waals surface area contributed by atoms with E-state index in [-0.39, 0.29) is 21.4 Å². The van der Waals surface area contributed by atoms with Crippen LogP contribution in [-0.2, 0) is 0 Å². The van der Waals surface area contributed by atoms with Gasteiger partial charge in [0.2, 0.25) is 0 Å². The van der Waals surface area contributed by atoms with Crippen molar-refractivity contribution in [1.29, 1.82) is 0 Å². The summed E-state index contributed by atoms with van der Waals surface area (Å²) in [7, 11) is 0. The number of halogens is 2. The predicted molar refractivity (Wildman–Crippen MR) is 66.1 cm³/mol. The van der Waals surface area contributed by atoms with Crippen LogP contribution in [-0.4, -0.2) is 15.1 Å². The molecule has 0 saturated heterocycles. The van der Waals surface area contributed by atoms with Gasteiger partial charge in [-0.3, -0.25) is 15.2 Å². The molecule has 0 aliphatic carbocycles. The Morgan fingerprint density at radius 1 is 1.35 bits per heavy atom. The standard InChI is InChI=1S/C6H4Cl2N2O2.C3H4N2/c7-4-1-3(10(11)12)2-5(8)6(4)9;1-2-4-5-3-1/h1-2H,9H2;1-3H,(H,4,5). The van der Waals surface area contributed by atoms with Gasteiger partial charge in [-0.25, -0.2) is 0 Å². The van der Waals surface area contributed by atoms with Crippen molar-refractivity contribution in [3.8, 4) is 0 Å². The average molecular weight is 275 g/mol. The van der Waals surface area contributed by atoms with Gasteiger partial charge in [-0.15, -0.1) is 0 Å². The van der Waals surface area contributed by atoms with Gasteiger partial charge in [-0.1, -0.05) is 23.2 Å². The Labute approximate surface area is 106 Å². The summed E-state index contributed by atoms with van der Waals surface area (Å²) < 4.78 is 0. The maximum absolute atomic E-state index is 10.3. The lowest BCUT2D eigenvalue weighted by atomic mass is 10.3. The molecule has 17 heavy (non-hydrogen) atoms. The zero-order valence-corrected chi connectivity index (χ0v) is 9.94. The molecule has 0 fully saturated rings. The molecule has 1 heterocycles. The van der Waals surface area contributed by atoms with Crippen LogP contribution in [0.5, 0.6) is 0 Å². The van der Waals surface area contributed by atoms with E-state index in [1.54, 1.807) is 12.4 Å². The van der Waals surface area contributed by atoms with Crippen LogP contribution in [0.25, 0.3) is 0 Å². The van der Waals surface area contributed by atoms with E-state index in [9.17, 15) is 10.1 Å². The van der Waals surface area contributed by atoms with Gasteiger partial charge in [-0.05, 0) is 6.07 Å². The fourth-order valence-corrected chi connectivity index (χ4v) is 1.37. The molecule has 0 unspecified atom stereocenters. The summed E-state index contributed by atoms with van der Waals surface area (Å²) >= 11 is 11.1. The first-order valence-electron chi connectivity index (χ1n) is 4.35. The van der Waals surface area contributed by atoms with E-state index in [2.05, 4.69) is 10.2 Å². The molecule has 8 heteroatoms. The number of rotatable bonds is 1. The number of anilines is 1. The first-order chi connectivity index (χ1) is 8.02. The molecule has 0 aliphatic heterocycles. The second kappa shape index (κ2) is 6.07. The molecule has 3 N–H and O–H groups in total. The zero-order chi connectivity index (χ0) is 12.8. The maximum Gasteiger partial charge on any atom is 0.272 e. The highest BCUT2D eigenvalue weighted by Crippen LogP contribution is 2.31. The van der Waals surface area contributed by atoms with Gasteiger partial charge in [0.1, 0.15) is 0 Å². The van der Waals surface area contributed by atoms with Crippen LogP contribution in [0.3, 0.4) is 0 Å². The SMILES string of the molecule is Nc1c(Cl)cc([N+](=O)[O-])cc1Cl.c1cn[nH]c1. The minimum absolute atomic E-state index is 0.0919. The Morgan fingerprint density at radius 3 is 2.24 bits per heavy atom. The first kappa shape index (κ1) is 13.3. The summed E-state index contributed by atoms with van der Waals surface area (Å²) in [4.78, 5) is 9.68. The second-order valence-electron chi connectivity index (χ2n) is 2.85. The average Bonchev–Trinajstić information content (AvgIpc) is 2.83. The van der Waals surface area contributed by atoms with Crippen molar-refractivity contribution in [3.05, 3.63) is 50.8 Å². The van der Waals surface area contributed by atoms with Crippen molar-refractivity contribution in [2.45, 2.75) is 0 Å². The van der Waals surface area contributed by atoms with Gasteiger partial charge in [0.05, 0.1) is 20.7 Å². The van der Waals surface area contributed by atoms with E-state index in [0.717, 1.165) is 12.1 Å². The van der Waals surface area contributed by atoms with Gasteiger partial charge < -0.3 is 5.73 Å². The molecule has 6 nitrogen and oxygen atoms in total. The maximum atomic E-state index is 10.3. The van der Waals surface area contributed by atoms with Crippen molar-refractivity contribution in [2.75, 3.05) is 5.73 Å². The minimum Gasteiger partial charge on any atom is -0.396 e. The lowest BCUT2D eigenvalue weighted by molar-refractivity contribution is -0.384. The number of nitrogen functional groups attached to an aromatic ring is 1. The van der Waals surface area contributed by atoms with Gasteiger partial charge in [-0.2, -0.15) is 5.10 Å². The molecule has 0 spiro atoms. The third kappa shape index (κ3) is 3.93. The van der Waals surface area contributed by atoms with E-state index >= 15 is 0 Å². The molecule has 1 aromatic heterocycles. The lowest BCUT2D eigenvalue weighted by Gasteiger charge is -1.99. The third-order valence-electron chi connectivity index (χ3n) is 1.68. The van der Waals surface area contributed by atoms with Crippen molar-refractivity contribution in [1.82, 2.24) is 10.2 Å². The van der Waals surface area contributed by atoms with E-state index in [0.29, 0.717) is 0 Å². The number of aromatic nitrogens is 2.